The number of ketones is 1. The van der Waals surface area contributed by atoms with E-state index in [1.807, 2.05) is 23.1 Å². The van der Waals surface area contributed by atoms with Crippen LogP contribution in [0, 0.1) is 0 Å². The molecule has 9 nitrogen and oxygen atoms in total. The number of aryl methyl sites for hydroxylation is 1. The summed E-state index contributed by atoms with van der Waals surface area (Å²) in [6, 6.07) is 16.5. The Balaban J connectivity index is 0.000000631. The first kappa shape index (κ1) is 29.8. The third-order valence-corrected chi connectivity index (χ3v) is 7.17. The Labute approximate surface area is 230 Å². The van der Waals surface area contributed by atoms with E-state index in [9.17, 15) is 9.59 Å². The SMILES string of the molecule is CCCCCCN1C(=O)CCc2cc(C(=O)CCN3CCN(c4ccccc4)CC3)ccc21.O=C(O)C(=O)O. The number of carbonyl (C=O) groups excluding carboxylic acids is 2. The molecule has 0 saturated carbocycles. The number of fused-ring (bicyclic) bond motifs is 1. The lowest BCUT2D eigenvalue weighted by molar-refractivity contribution is -0.159. The van der Waals surface area contributed by atoms with Gasteiger partial charge >= 0.3 is 11.9 Å². The number of para-hydroxylation sites is 1. The number of unbranched alkanes of at least 4 members (excludes halogenated alkanes) is 3. The number of carboxylic acids is 2. The van der Waals surface area contributed by atoms with E-state index in [1.165, 1.54) is 18.5 Å². The van der Waals surface area contributed by atoms with E-state index in [0.29, 0.717) is 12.8 Å². The quantitative estimate of drug-likeness (QED) is 0.264. The zero-order valence-electron chi connectivity index (χ0n) is 22.7. The summed E-state index contributed by atoms with van der Waals surface area (Å²) >= 11 is 0. The van der Waals surface area contributed by atoms with Gasteiger partial charge in [0, 0.05) is 69.0 Å². The van der Waals surface area contributed by atoms with Gasteiger partial charge in [0.2, 0.25) is 5.91 Å². The smallest absolute Gasteiger partial charge is 0.414 e. The highest BCUT2D eigenvalue weighted by Crippen LogP contribution is 2.29. The van der Waals surface area contributed by atoms with Gasteiger partial charge in [-0.1, -0.05) is 44.4 Å². The maximum Gasteiger partial charge on any atom is 0.414 e. The summed E-state index contributed by atoms with van der Waals surface area (Å²) in [7, 11) is 0. The van der Waals surface area contributed by atoms with Gasteiger partial charge in [-0.2, -0.15) is 0 Å². The van der Waals surface area contributed by atoms with Gasteiger partial charge in [-0.3, -0.25) is 14.5 Å². The summed E-state index contributed by atoms with van der Waals surface area (Å²) in [6.07, 6.45) is 6.43. The molecule has 1 fully saturated rings. The molecule has 0 atom stereocenters. The fourth-order valence-electron chi connectivity index (χ4n) is 4.95. The first-order chi connectivity index (χ1) is 18.8. The molecule has 2 heterocycles. The number of anilines is 2. The Hall–Kier alpha value is -3.72. The minimum Gasteiger partial charge on any atom is -0.473 e. The molecule has 39 heavy (non-hydrogen) atoms. The van der Waals surface area contributed by atoms with Crippen molar-refractivity contribution < 1.29 is 29.4 Å². The van der Waals surface area contributed by atoms with Gasteiger partial charge in [0.1, 0.15) is 0 Å². The van der Waals surface area contributed by atoms with Crippen LogP contribution >= 0.6 is 0 Å². The first-order valence-corrected chi connectivity index (χ1v) is 13.7. The molecule has 2 aliphatic heterocycles. The van der Waals surface area contributed by atoms with Crippen molar-refractivity contribution in [1.82, 2.24) is 4.90 Å². The number of rotatable bonds is 10. The molecule has 2 aromatic rings. The van der Waals surface area contributed by atoms with E-state index in [4.69, 9.17) is 19.8 Å². The normalized spacial score (nSPS) is 15.3. The van der Waals surface area contributed by atoms with Crippen molar-refractivity contribution in [3.05, 3.63) is 59.7 Å². The minimum atomic E-state index is -1.82. The van der Waals surface area contributed by atoms with Crippen LogP contribution in [0.1, 0.15) is 61.4 Å². The topological polar surface area (TPSA) is 118 Å². The largest absolute Gasteiger partial charge is 0.473 e. The van der Waals surface area contributed by atoms with Crippen LogP contribution in [-0.4, -0.2) is 78.0 Å². The fraction of sp³-hybridized carbons (Fsp3) is 0.467. The van der Waals surface area contributed by atoms with Gasteiger partial charge < -0.3 is 20.0 Å². The number of piperazine rings is 1. The molecule has 0 aliphatic carbocycles. The van der Waals surface area contributed by atoms with Crippen LogP contribution in [0.3, 0.4) is 0 Å². The molecule has 0 unspecified atom stereocenters. The zero-order valence-corrected chi connectivity index (χ0v) is 22.7. The fourth-order valence-corrected chi connectivity index (χ4v) is 4.95. The molecule has 0 aromatic heterocycles. The molecule has 1 amide bonds. The van der Waals surface area contributed by atoms with Gasteiger partial charge in [-0.05, 0) is 48.7 Å². The van der Waals surface area contributed by atoms with Crippen LogP contribution in [0.2, 0.25) is 0 Å². The van der Waals surface area contributed by atoms with Gasteiger partial charge in [0.25, 0.3) is 0 Å². The molecule has 210 valence electrons. The van der Waals surface area contributed by atoms with Gasteiger partial charge in [0.15, 0.2) is 5.78 Å². The van der Waals surface area contributed by atoms with Crippen molar-refractivity contribution in [2.24, 2.45) is 0 Å². The van der Waals surface area contributed by atoms with Gasteiger partial charge in [0.05, 0.1) is 0 Å². The van der Waals surface area contributed by atoms with E-state index < -0.39 is 11.9 Å². The number of carbonyl (C=O) groups is 4. The highest BCUT2D eigenvalue weighted by atomic mass is 16.4. The molecule has 0 spiro atoms. The number of nitrogens with zero attached hydrogens (tertiary/aromatic N) is 3. The molecule has 0 radical (unpaired) electrons. The van der Waals surface area contributed by atoms with Crippen molar-refractivity contribution in [2.75, 3.05) is 49.1 Å². The minimum absolute atomic E-state index is 0.203. The van der Waals surface area contributed by atoms with Crippen LogP contribution in [0.25, 0.3) is 0 Å². The Bertz CT molecular complexity index is 1120. The number of Topliss-reactive ketones (excluding diaryl/α,β-unsaturated/α-hetero) is 1. The van der Waals surface area contributed by atoms with E-state index in [1.54, 1.807) is 0 Å². The summed E-state index contributed by atoms with van der Waals surface area (Å²) < 4.78 is 0. The molecule has 4 rings (SSSR count). The monoisotopic (exact) mass is 537 g/mol. The van der Waals surface area contributed by atoms with E-state index in [2.05, 4.69) is 47.1 Å². The van der Waals surface area contributed by atoms with Crippen LogP contribution in [0.5, 0.6) is 0 Å². The number of aliphatic carboxylic acids is 2. The third kappa shape index (κ3) is 8.92. The van der Waals surface area contributed by atoms with Crippen molar-refractivity contribution in [3.8, 4) is 0 Å². The highest BCUT2D eigenvalue weighted by Gasteiger charge is 2.25. The maximum absolute atomic E-state index is 12.9. The van der Waals surface area contributed by atoms with Crippen molar-refractivity contribution in [1.29, 1.82) is 0 Å². The average molecular weight is 538 g/mol. The summed E-state index contributed by atoms with van der Waals surface area (Å²) in [4.78, 5) is 50.4. The molecular weight excluding hydrogens is 498 g/mol. The van der Waals surface area contributed by atoms with Crippen LogP contribution < -0.4 is 9.80 Å². The summed E-state index contributed by atoms with van der Waals surface area (Å²) in [5, 5.41) is 14.8. The summed E-state index contributed by atoms with van der Waals surface area (Å²) in [5.74, 6) is -3.23. The van der Waals surface area contributed by atoms with Crippen LogP contribution in [-0.2, 0) is 20.8 Å². The Morgan fingerprint density at radius 1 is 0.821 bits per heavy atom. The predicted octanol–water partition coefficient (Wildman–Crippen LogP) is 4.10. The zero-order chi connectivity index (χ0) is 28.2. The second-order valence-electron chi connectivity index (χ2n) is 9.90. The Kier molecular flexibility index (Phi) is 11.5. The molecule has 0 bridgehead atoms. The third-order valence-electron chi connectivity index (χ3n) is 7.17. The van der Waals surface area contributed by atoms with E-state index in [-0.39, 0.29) is 11.7 Å². The Morgan fingerprint density at radius 3 is 2.15 bits per heavy atom. The van der Waals surface area contributed by atoms with Gasteiger partial charge in [-0.25, -0.2) is 9.59 Å². The Morgan fingerprint density at radius 2 is 1.51 bits per heavy atom. The summed E-state index contributed by atoms with van der Waals surface area (Å²) in [6.45, 7) is 7.76. The molecule has 2 aliphatic rings. The molecule has 2 N–H and O–H groups in total. The molecule has 1 saturated heterocycles. The standard InChI is InChI=1S/C28H37N3O2.C2H2O4/c1-2-3-4-8-16-31-26-13-11-24(22-23(26)12-14-28(31)33)27(32)15-17-29-18-20-30(21-19-29)25-9-6-5-7-10-25;3-1(4)2(5)6/h5-7,9-11,13,22H,2-4,8,12,14-21H2,1H3;(H,3,4)(H,5,6). The van der Waals surface area contributed by atoms with Gasteiger partial charge in [-0.15, -0.1) is 0 Å². The van der Waals surface area contributed by atoms with E-state index >= 15 is 0 Å². The van der Waals surface area contributed by atoms with Crippen LogP contribution in [0.15, 0.2) is 48.5 Å². The molecule has 9 heteroatoms. The lowest BCUT2D eigenvalue weighted by atomic mass is 9.96. The van der Waals surface area contributed by atoms with Crippen molar-refractivity contribution >= 4 is 35.0 Å². The molecule has 2 aromatic carbocycles. The van der Waals surface area contributed by atoms with Crippen molar-refractivity contribution in [3.63, 3.8) is 0 Å². The molecular formula is C30H39N3O6. The first-order valence-electron chi connectivity index (χ1n) is 13.7. The summed E-state index contributed by atoms with van der Waals surface area (Å²) in [5.41, 5.74) is 4.22. The second-order valence-corrected chi connectivity index (χ2v) is 9.90. The van der Waals surface area contributed by atoms with E-state index in [0.717, 1.165) is 75.3 Å². The maximum atomic E-state index is 12.9. The number of carboxylic acid groups (broad SMARTS) is 2. The number of hydrogen-bond donors (Lipinski definition) is 2. The average Bonchev–Trinajstić information content (AvgIpc) is 2.95. The lowest BCUT2D eigenvalue weighted by Crippen LogP contribution is -2.46. The highest BCUT2D eigenvalue weighted by molar-refractivity contribution is 6.27. The van der Waals surface area contributed by atoms with Crippen LogP contribution in [0.4, 0.5) is 11.4 Å². The second kappa shape index (κ2) is 15.0. The lowest BCUT2D eigenvalue weighted by Gasteiger charge is -2.36. The predicted molar refractivity (Wildman–Crippen MR) is 151 cm³/mol. The number of hydrogen-bond acceptors (Lipinski definition) is 6. The number of benzene rings is 2. The van der Waals surface area contributed by atoms with Crippen molar-refractivity contribution in [2.45, 2.75) is 51.9 Å². The number of amides is 1.